The largest absolute Gasteiger partial charge is 0.497 e. The highest BCUT2D eigenvalue weighted by Gasteiger charge is 2.93. The molecule has 0 unspecified atom stereocenters. The van der Waals surface area contributed by atoms with Crippen LogP contribution in [0, 0.1) is 0 Å². The van der Waals surface area contributed by atoms with E-state index in [2.05, 4.69) is 4.74 Å². The van der Waals surface area contributed by atoms with E-state index in [0.717, 1.165) is 25.3 Å². The Morgan fingerprint density at radius 2 is 1.14 bits per heavy atom. The van der Waals surface area contributed by atoms with Crippen molar-refractivity contribution < 1.29 is 93.6 Å². The van der Waals surface area contributed by atoms with Crippen molar-refractivity contribution >= 4 is 12.0 Å². The van der Waals surface area contributed by atoms with Crippen molar-refractivity contribution in [2.45, 2.75) is 60.7 Å². The van der Waals surface area contributed by atoms with Crippen LogP contribution in [-0.4, -0.2) is 68.0 Å². The minimum Gasteiger partial charge on any atom is -0.497 e. The Bertz CT molecular complexity index is 1140. The van der Waals surface area contributed by atoms with E-state index < -0.39 is 66.6 Å². The Hall–Kier alpha value is -3.16. The highest BCUT2D eigenvalue weighted by molar-refractivity contribution is 5.88. The summed E-state index contributed by atoms with van der Waals surface area (Å²) in [5.41, 5.74) is -0.240. The molecule has 0 heterocycles. The zero-order valence-electron chi connectivity index (χ0n) is 20.4. The van der Waals surface area contributed by atoms with Gasteiger partial charge in [0.05, 0.1) is 14.2 Å². The van der Waals surface area contributed by atoms with Crippen LogP contribution < -0.4 is 9.47 Å². The SMILES string of the molecule is COc1ccc(C=CC(=O)OC(F)(F)C(F)(F)C(F)(F)C(F)(F)C(F)(F)C(F)(F)C(F)(F)CCC(F)(F)F)c(OC)c1. The lowest BCUT2D eigenvalue weighted by molar-refractivity contribution is -0.461. The van der Waals surface area contributed by atoms with Crippen LogP contribution in [0.1, 0.15) is 18.4 Å². The summed E-state index contributed by atoms with van der Waals surface area (Å²) in [4.78, 5) is 11.5. The van der Waals surface area contributed by atoms with Gasteiger partial charge in [0.15, 0.2) is 0 Å². The van der Waals surface area contributed by atoms with Gasteiger partial charge in [-0.05, 0) is 18.2 Å². The van der Waals surface area contributed by atoms with Gasteiger partial charge in [-0.25, -0.2) is 4.79 Å². The van der Waals surface area contributed by atoms with Gasteiger partial charge in [-0.15, -0.1) is 0 Å². The van der Waals surface area contributed by atoms with Crippen molar-refractivity contribution in [3.63, 3.8) is 0 Å². The summed E-state index contributed by atoms with van der Waals surface area (Å²) in [5.74, 6) is -51.1. The van der Waals surface area contributed by atoms with Crippen molar-refractivity contribution in [2.75, 3.05) is 14.2 Å². The summed E-state index contributed by atoms with van der Waals surface area (Å²) in [6, 6.07) is 3.30. The zero-order chi connectivity index (χ0) is 33.4. The summed E-state index contributed by atoms with van der Waals surface area (Å²) in [6.45, 7) is 0. The summed E-state index contributed by atoms with van der Waals surface area (Å²) >= 11 is 0. The van der Waals surface area contributed by atoms with E-state index in [9.17, 15) is 79.4 Å². The first kappa shape index (κ1) is 36.9. The fraction of sp³-hybridized carbons (Fsp3) is 0.571. The normalized spacial score (nSPS) is 14.7. The van der Waals surface area contributed by atoms with Crippen molar-refractivity contribution in [3.05, 3.63) is 29.8 Å². The first-order valence-electron chi connectivity index (χ1n) is 10.4. The third-order valence-corrected chi connectivity index (χ3v) is 5.19. The Labute approximate surface area is 223 Å². The van der Waals surface area contributed by atoms with Crippen molar-refractivity contribution in [1.82, 2.24) is 0 Å². The number of hydrogen-bond donors (Lipinski definition) is 0. The van der Waals surface area contributed by atoms with Gasteiger partial charge in [-0.3, -0.25) is 0 Å². The summed E-state index contributed by atoms with van der Waals surface area (Å²) < 4.78 is 241. The molecule has 42 heavy (non-hydrogen) atoms. The fourth-order valence-electron chi connectivity index (χ4n) is 2.80. The monoisotopic (exact) mass is 654 g/mol. The van der Waals surface area contributed by atoms with E-state index in [1.165, 1.54) is 7.11 Å². The summed E-state index contributed by atoms with van der Waals surface area (Å²) in [7, 11) is 2.20. The quantitative estimate of drug-likeness (QED) is 0.123. The lowest BCUT2D eigenvalue weighted by Crippen LogP contribution is -2.73. The van der Waals surface area contributed by atoms with Gasteiger partial charge in [-0.1, -0.05) is 0 Å². The Kier molecular flexibility index (Phi) is 10.1. The molecule has 4 nitrogen and oxygen atoms in total. The van der Waals surface area contributed by atoms with Crippen LogP contribution >= 0.6 is 0 Å². The van der Waals surface area contributed by atoms with Crippen molar-refractivity contribution in [1.29, 1.82) is 0 Å². The molecule has 0 radical (unpaired) electrons. The molecule has 0 aliphatic rings. The molecule has 0 bridgehead atoms. The molecule has 0 saturated heterocycles. The molecule has 21 heteroatoms. The molecule has 0 atom stereocenters. The predicted octanol–water partition coefficient (Wildman–Crippen LogP) is 8.01. The van der Waals surface area contributed by atoms with Crippen LogP contribution in [0.3, 0.4) is 0 Å². The standard InChI is InChI=1S/C21H15F17O4/c1-40-11-5-3-10(12(9-11)41-2)4-6-13(39)42-21(37,38)20(35,36)19(33,34)18(31,32)17(29,30)16(27,28)14(22,23)7-8-15(24,25)26/h3-6,9H,7-8H2,1-2H3. The summed E-state index contributed by atoms with van der Waals surface area (Å²) in [5, 5.41) is 0. The van der Waals surface area contributed by atoms with E-state index in [4.69, 9.17) is 9.47 Å². The maximum atomic E-state index is 13.9. The molecule has 0 fully saturated rings. The number of ether oxygens (including phenoxy) is 3. The fourth-order valence-corrected chi connectivity index (χ4v) is 2.80. The van der Waals surface area contributed by atoms with Gasteiger partial charge in [0.2, 0.25) is 0 Å². The van der Waals surface area contributed by atoms with Crippen LogP contribution in [0.25, 0.3) is 6.08 Å². The average Bonchev–Trinajstić information content (AvgIpc) is 2.84. The molecule has 0 saturated carbocycles. The molecule has 1 aromatic rings. The third-order valence-electron chi connectivity index (χ3n) is 5.19. The van der Waals surface area contributed by atoms with E-state index in [1.807, 2.05) is 0 Å². The third kappa shape index (κ3) is 6.57. The number of rotatable bonds is 13. The molecule has 0 N–H and O–H groups in total. The minimum absolute atomic E-state index is 0.112. The number of methoxy groups -OCH3 is 2. The molecule has 0 aliphatic heterocycles. The second-order valence-electron chi connectivity index (χ2n) is 8.07. The molecule has 1 aromatic carbocycles. The Morgan fingerprint density at radius 1 is 0.667 bits per heavy atom. The molecule has 242 valence electrons. The molecule has 0 amide bonds. The van der Waals surface area contributed by atoms with Gasteiger partial charge in [0.25, 0.3) is 0 Å². The molecular weight excluding hydrogens is 639 g/mol. The van der Waals surface area contributed by atoms with Crippen molar-refractivity contribution in [3.8, 4) is 11.5 Å². The van der Waals surface area contributed by atoms with Crippen LogP contribution in [0.2, 0.25) is 0 Å². The van der Waals surface area contributed by atoms with Crippen LogP contribution in [0.15, 0.2) is 24.3 Å². The number of benzene rings is 1. The maximum absolute atomic E-state index is 13.9. The zero-order valence-corrected chi connectivity index (χ0v) is 20.4. The number of carbonyl (C=O) groups excluding carboxylic acids is 1. The molecule has 0 aromatic heterocycles. The van der Waals surface area contributed by atoms with E-state index in [1.54, 1.807) is 0 Å². The van der Waals surface area contributed by atoms with Crippen LogP contribution in [0.5, 0.6) is 11.5 Å². The molecule has 0 aliphatic carbocycles. The van der Waals surface area contributed by atoms with E-state index in [0.29, 0.717) is 6.08 Å². The van der Waals surface area contributed by atoms with Gasteiger partial charge >= 0.3 is 53.8 Å². The molecule has 0 spiro atoms. The lowest BCUT2D eigenvalue weighted by Gasteiger charge is -2.42. The maximum Gasteiger partial charge on any atom is 0.473 e. The van der Waals surface area contributed by atoms with Gasteiger partial charge in [0, 0.05) is 30.5 Å². The number of carbonyl (C=O) groups is 1. The Morgan fingerprint density at radius 3 is 1.60 bits per heavy atom. The smallest absolute Gasteiger partial charge is 0.473 e. The molecule has 1 rings (SSSR count). The highest BCUT2D eigenvalue weighted by Crippen LogP contribution is 2.62. The second kappa shape index (κ2) is 11.5. The molecular formula is C21H15F17O4. The van der Waals surface area contributed by atoms with Crippen LogP contribution in [-0.2, 0) is 9.53 Å². The predicted molar refractivity (Wildman–Crippen MR) is 105 cm³/mol. The minimum atomic E-state index is -8.54. The number of esters is 1. The number of alkyl halides is 17. The number of halogens is 17. The topological polar surface area (TPSA) is 44.8 Å². The lowest BCUT2D eigenvalue weighted by atomic mass is 9.89. The van der Waals surface area contributed by atoms with Gasteiger partial charge < -0.3 is 14.2 Å². The van der Waals surface area contributed by atoms with Gasteiger partial charge in [-0.2, -0.15) is 74.6 Å². The van der Waals surface area contributed by atoms with Crippen LogP contribution in [0.4, 0.5) is 74.6 Å². The highest BCUT2D eigenvalue weighted by atomic mass is 19.4. The summed E-state index contributed by atoms with van der Waals surface area (Å²) in [6.07, 6.45) is -19.3. The number of hydrogen-bond acceptors (Lipinski definition) is 4. The second-order valence-corrected chi connectivity index (χ2v) is 8.07. The Balaban J connectivity index is 3.39. The first-order chi connectivity index (χ1) is 18.6. The average molecular weight is 654 g/mol. The van der Waals surface area contributed by atoms with E-state index in [-0.39, 0.29) is 23.1 Å². The first-order valence-corrected chi connectivity index (χ1v) is 10.4. The van der Waals surface area contributed by atoms with E-state index >= 15 is 0 Å². The van der Waals surface area contributed by atoms with Gasteiger partial charge in [0.1, 0.15) is 11.5 Å². The van der Waals surface area contributed by atoms with Crippen molar-refractivity contribution in [2.24, 2.45) is 0 Å².